The lowest BCUT2D eigenvalue weighted by molar-refractivity contribution is 0.0285. The van der Waals surface area contributed by atoms with Gasteiger partial charge in [-0.15, -0.1) is 0 Å². The SMILES string of the molecule is OC(Cc1ccc(Cl)c(F)c1)C1(c2ccccc2)CCC1. The molecule has 0 aliphatic heterocycles. The van der Waals surface area contributed by atoms with Gasteiger partial charge in [0, 0.05) is 5.41 Å². The van der Waals surface area contributed by atoms with Crippen LogP contribution in [0, 0.1) is 5.82 Å². The minimum atomic E-state index is -0.505. The van der Waals surface area contributed by atoms with Gasteiger partial charge in [-0.1, -0.05) is 54.4 Å². The van der Waals surface area contributed by atoms with Gasteiger partial charge < -0.3 is 5.11 Å². The van der Waals surface area contributed by atoms with Crippen LogP contribution in [0.4, 0.5) is 4.39 Å². The summed E-state index contributed by atoms with van der Waals surface area (Å²) in [6.45, 7) is 0. The van der Waals surface area contributed by atoms with Crippen LogP contribution < -0.4 is 0 Å². The molecule has 1 atom stereocenters. The predicted molar refractivity (Wildman–Crippen MR) is 83.1 cm³/mol. The Morgan fingerprint density at radius 1 is 1.14 bits per heavy atom. The zero-order chi connectivity index (χ0) is 14.9. The van der Waals surface area contributed by atoms with Gasteiger partial charge in [0.2, 0.25) is 0 Å². The molecule has 1 N–H and O–H groups in total. The lowest BCUT2D eigenvalue weighted by Crippen LogP contribution is -2.46. The third-order valence-electron chi connectivity index (χ3n) is 4.65. The molecule has 0 heterocycles. The summed E-state index contributed by atoms with van der Waals surface area (Å²) in [7, 11) is 0. The Labute approximate surface area is 129 Å². The highest BCUT2D eigenvalue weighted by Crippen LogP contribution is 2.47. The lowest BCUT2D eigenvalue weighted by atomic mass is 9.60. The highest BCUT2D eigenvalue weighted by atomic mass is 35.5. The highest BCUT2D eigenvalue weighted by molar-refractivity contribution is 6.30. The van der Waals surface area contributed by atoms with E-state index in [2.05, 4.69) is 12.1 Å². The Hall–Kier alpha value is -1.38. The van der Waals surface area contributed by atoms with Gasteiger partial charge >= 0.3 is 0 Å². The van der Waals surface area contributed by atoms with Gasteiger partial charge in [0.05, 0.1) is 11.1 Å². The van der Waals surface area contributed by atoms with Gasteiger partial charge in [0.25, 0.3) is 0 Å². The summed E-state index contributed by atoms with van der Waals surface area (Å²) in [5.74, 6) is -0.427. The molecule has 0 spiro atoms. The smallest absolute Gasteiger partial charge is 0.142 e. The van der Waals surface area contributed by atoms with Crippen molar-refractivity contribution in [3.8, 4) is 0 Å². The van der Waals surface area contributed by atoms with Crippen molar-refractivity contribution in [3.63, 3.8) is 0 Å². The van der Waals surface area contributed by atoms with Crippen LogP contribution in [-0.2, 0) is 11.8 Å². The Kier molecular flexibility index (Phi) is 4.01. The predicted octanol–water partition coefficient (Wildman–Crippen LogP) is 4.50. The molecular formula is C18H18ClFO. The topological polar surface area (TPSA) is 20.2 Å². The number of hydrogen-bond donors (Lipinski definition) is 1. The van der Waals surface area contributed by atoms with E-state index in [9.17, 15) is 9.50 Å². The molecule has 0 saturated heterocycles. The van der Waals surface area contributed by atoms with Crippen LogP contribution in [0.3, 0.4) is 0 Å². The van der Waals surface area contributed by atoms with E-state index < -0.39 is 11.9 Å². The fourth-order valence-electron chi connectivity index (χ4n) is 3.23. The summed E-state index contributed by atoms with van der Waals surface area (Å²) in [4.78, 5) is 0. The summed E-state index contributed by atoms with van der Waals surface area (Å²) in [5, 5.41) is 10.9. The van der Waals surface area contributed by atoms with E-state index >= 15 is 0 Å². The van der Waals surface area contributed by atoms with E-state index in [1.165, 1.54) is 11.6 Å². The minimum Gasteiger partial charge on any atom is -0.392 e. The van der Waals surface area contributed by atoms with Gasteiger partial charge in [-0.3, -0.25) is 0 Å². The van der Waals surface area contributed by atoms with Crippen LogP contribution >= 0.6 is 11.6 Å². The van der Waals surface area contributed by atoms with Crippen molar-refractivity contribution in [3.05, 3.63) is 70.5 Å². The molecule has 1 unspecified atom stereocenters. The molecule has 0 amide bonds. The maximum atomic E-state index is 13.5. The van der Waals surface area contributed by atoms with Crippen molar-refractivity contribution < 1.29 is 9.50 Å². The zero-order valence-electron chi connectivity index (χ0n) is 11.7. The summed E-state index contributed by atoms with van der Waals surface area (Å²) in [6.07, 6.45) is 3.03. The van der Waals surface area contributed by atoms with Crippen LogP contribution in [-0.4, -0.2) is 11.2 Å². The molecule has 1 nitrogen and oxygen atoms in total. The molecule has 2 aromatic carbocycles. The molecule has 1 saturated carbocycles. The quantitative estimate of drug-likeness (QED) is 0.881. The fraction of sp³-hybridized carbons (Fsp3) is 0.333. The molecule has 3 rings (SSSR count). The second kappa shape index (κ2) is 5.78. The Morgan fingerprint density at radius 2 is 1.86 bits per heavy atom. The third-order valence-corrected chi connectivity index (χ3v) is 4.95. The zero-order valence-corrected chi connectivity index (χ0v) is 12.5. The summed E-state index contributed by atoms with van der Waals surface area (Å²) >= 11 is 5.70. The third kappa shape index (κ3) is 2.70. The first-order valence-corrected chi connectivity index (χ1v) is 7.67. The van der Waals surface area contributed by atoms with Gasteiger partial charge in [0.1, 0.15) is 5.82 Å². The van der Waals surface area contributed by atoms with Crippen molar-refractivity contribution in [1.29, 1.82) is 0 Å². The average Bonchev–Trinajstić information content (AvgIpc) is 2.43. The standard InChI is InChI=1S/C18H18ClFO/c19-15-8-7-13(11-16(15)20)12-17(21)18(9-4-10-18)14-5-2-1-3-6-14/h1-3,5-8,11,17,21H,4,9-10,12H2. The van der Waals surface area contributed by atoms with Crippen LogP contribution in [0.5, 0.6) is 0 Å². The minimum absolute atomic E-state index is 0.120. The molecular weight excluding hydrogens is 287 g/mol. The second-order valence-electron chi connectivity index (χ2n) is 5.84. The van der Waals surface area contributed by atoms with Crippen LogP contribution in [0.25, 0.3) is 0 Å². The van der Waals surface area contributed by atoms with E-state index in [4.69, 9.17) is 11.6 Å². The van der Waals surface area contributed by atoms with Gasteiger partial charge in [0.15, 0.2) is 0 Å². The molecule has 1 aliphatic rings. The van der Waals surface area contributed by atoms with E-state index in [0.717, 1.165) is 24.8 Å². The van der Waals surface area contributed by atoms with E-state index in [-0.39, 0.29) is 10.4 Å². The van der Waals surface area contributed by atoms with Crippen molar-refractivity contribution >= 4 is 11.6 Å². The lowest BCUT2D eigenvalue weighted by Gasteiger charge is -2.46. The monoisotopic (exact) mass is 304 g/mol. The molecule has 21 heavy (non-hydrogen) atoms. The molecule has 0 radical (unpaired) electrons. The molecule has 110 valence electrons. The summed E-state index contributed by atoms with van der Waals surface area (Å²) in [6, 6.07) is 14.9. The molecule has 0 aromatic heterocycles. The van der Waals surface area contributed by atoms with Gasteiger partial charge in [-0.25, -0.2) is 4.39 Å². The normalized spacial score (nSPS) is 18.0. The number of aliphatic hydroxyl groups excluding tert-OH is 1. The highest BCUT2D eigenvalue weighted by Gasteiger charge is 2.44. The number of benzene rings is 2. The number of halogens is 2. The second-order valence-corrected chi connectivity index (χ2v) is 6.25. The van der Waals surface area contributed by atoms with Gasteiger partial charge in [-0.2, -0.15) is 0 Å². The fourth-order valence-corrected chi connectivity index (χ4v) is 3.34. The van der Waals surface area contributed by atoms with Crippen molar-refractivity contribution in [2.45, 2.75) is 37.2 Å². The Bertz CT molecular complexity index is 622. The summed E-state index contributed by atoms with van der Waals surface area (Å²) in [5.41, 5.74) is 1.78. The first kappa shape index (κ1) is 14.6. The van der Waals surface area contributed by atoms with E-state index in [1.807, 2.05) is 18.2 Å². The van der Waals surface area contributed by atoms with E-state index in [0.29, 0.717) is 6.42 Å². The van der Waals surface area contributed by atoms with E-state index in [1.54, 1.807) is 12.1 Å². The molecule has 2 aromatic rings. The largest absolute Gasteiger partial charge is 0.392 e. The molecule has 0 bridgehead atoms. The Balaban J connectivity index is 1.83. The maximum absolute atomic E-state index is 13.5. The van der Waals surface area contributed by atoms with Crippen LogP contribution in [0.1, 0.15) is 30.4 Å². The average molecular weight is 305 g/mol. The van der Waals surface area contributed by atoms with Gasteiger partial charge in [-0.05, 0) is 42.5 Å². The first-order valence-electron chi connectivity index (χ1n) is 7.29. The first-order chi connectivity index (χ1) is 10.1. The molecule has 1 aliphatic carbocycles. The molecule has 1 fully saturated rings. The Morgan fingerprint density at radius 3 is 2.43 bits per heavy atom. The maximum Gasteiger partial charge on any atom is 0.142 e. The summed E-state index contributed by atoms with van der Waals surface area (Å²) < 4.78 is 13.5. The van der Waals surface area contributed by atoms with Crippen LogP contribution in [0.2, 0.25) is 5.02 Å². The van der Waals surface area contributed by atoms with Crippen molar-refractivity contribution in [1.82, 2.24) is 0 Å². The van der Waals surface area contributed by atoms with Crippen molar-refractivity contribution in [2.75, 3.05) is 0 Å². The van der Waals surface area contributed by atoms with Crippen LogP contribution in [0.15, 0.2) is 48.5 Å². The molecule has 3 heteroatoms. The number of hydrogen-bond acceptors (Lipinski definition) is 1. The number of aliphatic hydroxyl groups is 1. The number of rotatable bonds is 4. The van der Waals surface area contributed by atoms with Crippen molar-refractivity contribution in [2.24, 2.45) is 0 Å².